The van der Waals surface area contributed by atoms with Gasteiger partial charge in [-0.1, -0.05) is 19.4 Å². The summed E-state index contributed by atoms with van der Waals surface area (Å²) >= 11 is 1.72. The number of fused-ring (bicyclic) bond motifs is 3. The lowest BCUT2D eigenvalue weighted by atomic mass is 9.86. The maximum atomic E-state index is 13.8. The van der Waals surface area contributed by atoms with E-state index in [0.717, 1.165) is 80.7 Å². The van der Waals surface area contributed by atoms with Gasteiger partial charge in [-0.15, -0.1) is 11.3 Å². The van der Waals surface area contributed by atoms with Crippen LogP contribution >= 0.6 is 11.3 Å². The number of rotatable bonds is 7. The first-order valence-electron chi connectivity index (χ1n) is 11.4. The Labute approximate surface area is 182 Å². The van der Waals surface area contributed by atoms with Crippen LogP contribution in [-0.2, 0) is 17.6 Å². The Morgan fingerprint density at radius 1 is 1.23 bits per heavy atom. The van der Waals surface area contributed by atoms with Crippen LogP contribution in [0.15, 0.2) is 18.2 Å². The Balaban J connectivity index is 1.30. The maximum absolute atomic E-state index is 13.8. The third-order valence-corrected chi connectivity index (χ3v) is 7.46. The van der Waals surface area contributed by atoms with E-state index in [-0.39, 0.29) is 11.7 Å². The van der Waals surface area contributed by atoms with E-state index in [1.165, 1.54) is 10.4 Å². The minimum absolute atomic E-state index is 0.192. The van der Waals surface area contributed by atoms with Gasteiger partial charge in [0, 0.05) is 29.4 Å². The molecular formula is C24H32FN3OS. The number of unbranched alkanes of at least 4 members (excludes halogenated alkanes) is 1. The van der Waals surface area contributed by atoms with Crippen LogP contribution in [0.1, 0.15) is 68.7 Å². The van der Waals surface area contributed by atoms with E-state index in [4.69, 9.17) is 4.98 Å². The molecule has 0 aliphatic heterocycles. The van der Waals surface area contributed by atoms with Crippen molar-refractivity contribution in [2.45, 2.75) is 77.2 Å². The van der Waals surface area contributed by atoms with E-state index < -0.39 is 0 Å². The molecule has 4 rings (SSSR count). The molecule has 6 heteroatoms. The molecule has 1 fully saturated rings. The van der Waals surface area contributed by atoms with Gasteiger partial charge in [-0.05, 0) is 75.0 Å². The number of benzene rings is 1. The van der Waals surface area contributed by atoms with Crippen molar-refractivity contribution in [3.63, 3.8) is 0 Å². The molecule has 0 atom stereocenters. The molecule has 0 unspecified atom stereocenters. The van der Waals surface area contributed by atoms with Crippen LogP contribution in [0.25, 0.3) is 11.3 Å². The fraction of sp³-hybridized carbons (Fsp3) is 0.583. The molecule has 4 nitrogen and oxygen atoms in total. The quantitative estimate of drug-likeness (QED) is 0.592. The van der Waals surface area contributed by atoms with Gasteiger partial charge in [0.05, 0.1) is 5.69 Å². The molecule has 0 radical (unpaired) electrons. The van der Waals surface area contributed by atoms with Gasteiger partial charge < -0.3 is 10.6 Å². The third kappa shape index (κ3) is 5.20. The first kappa shape index (κ1) is 21.3. The molecule has 0 spiro atoms. The Morgan fingerprint density at radius 3 is 2.87 bits per heavy atom. The third-order valence-electron chi connectivity index (χ3n) is 6.39. The molecule has 2 N–H and O–H groups in total. The lowest BCUT2D eigenvalue weighted by Crippen LogP contribution is -2.38. The second-order valence-electron chi connectivity index (χ2n) is 8.72. The van der Waals surface area contributed by atoms with Gasteiger partial charge in [0.2, 0.25) is 5.91 Å². The predicted molar refractivity (Wildman–Crippen MR) is 121 cm³/mol. The minimum atomic E-state index is -0.192. The number of carbonyl (C=O) groups excluding carboxylic acids is 1. The van der Waals surface area contributed by atoms with Crippen molar-refractivity contribution in [2.24, 2.45) is 5.92 Å². The van der Waals surface area contributed by atoms with Crippen molar-refractivity contribution in [3.05, 3.63) is 34.5 Å². The number of amides is 1. The second-order valence-corrected chi connectivity index (χ2v) is 9.80. The molecule has 0 saturated heterocycles. The predicted octanol–water partition coefficient (Wildman–Crippen LogP) is 5.72. The SMILES string of the molecule is CCCCC(=O)NC1CCC(CNc2nc3c(s2)CCCc2ccc(F)cc2-3)CC1. The number of hydrogen-bond acceptors (Lipinski definition) is 4. The Kier molecular flexibility index (Phi) is 7.03. The summed E-state index contributed by atoms with van der Waals surface area (Å²) in [5.74, 6) is 0.629. The van der Waals surface area contributed by atoms with E-state index in [0.29, 0.717) is 18.4 Å². The van der Waals surface area contributed by atoms with E-state index >= 15 is 0 Å². The molecule has 1 aromatic heterocycles. The van der Waals surface area contributed by atoms with Crippen LogP contribution in [0.2, 0.25) is 0 Å². The summed E-state index contributed by atoms with van der Waals surface area (Å²) in [6.07, 6.45) is 10.1. The molecule has 30 heavy (non-hydrogen) atoms. The van der Waals surface area contributed by atoms with Crippen LogP contribution in [0.4, 0.5) is 9.52 Å². The van der Waals surface area contributed by atoms with E-state index in [1.54, 1.807) is 23.5 Å². The molecule has 2 aliphatic carbocycles. The van der Waals surface area contributed by atoms with Crippen molar-refractivity contribution in [1.29, 1.82) is 0 Å². The van der Waals surface area contributed by atoms with Gasteiger partial charge in [0.25, 0.3) is 0 Å². The highest BCUT2D eigenvalue weighted by Crippen LogP contribution is 2.37. The van der Waals surface area contributed by atoms with Gasteiger partial charge in [-0.25, -0.2) is 9.37 Å². The number of anilines is 1. The van der Waals surface area contributed by atoms with Crippen LogP contribution < -0.4 is 10.6 Å². The molecule has 2 aromatic rings. The standard InChI is InChI=1S/C24H32FN3OS/c1-2-3-7-22(29)27-19-12-8-16(9-13-19)15-26-24-28-23-20-14-18(25)11-10-17(20)5-4-6-21(23)30-24/h10-11,14,16,19H,2-9,12-13,15H2,1H3,(H,26,28)(H,27,29). The van der Waals surface area contributed by atoms with Crippen LogP contribution in [0.3, 0.4) is 0 Å². The lowest BCUT2D eigenvalue weighted by Gasteiger charge is -2.29. The summed E-state index contributed by atoms with van der Waals surface area (Å²) in [5.41, 5.74) is 3.13. The number of aryl methyl sites for hydroxylation is 2. The number of halogens is 1. The number of nitrogens with one attached hydrogen (secondary N) is 2. The zero-order valence-electron chi connectivity index (χ0n) is 17.8. The highest BCUT2D eigenvalue weighted by Gasteiger charge is 2.24. The fourth-order valence-corrected chi connectivity index (χ4v) is 5.64. The van der Waals surface area contributed by atoms with Gasteiger partial charge in [-0.3, -0.25) is 4.79 Å². The summed E-state index contributed by atoms with van der Waals surface area (Å²) in [7, 11) is 0. The summed E-state index contributed by atoms with van der Waals surface area (Å²) in [4.78, 5) is 18.0. The summed E-state index contributed by atoms with van der Waals surface area (Å²) in [6.45, 7) is 3.03. The maximum Gasteiger partial charge on any atom is 0.220 e. The van der Waals surface area contributed by atoms with Gasteiger partial charge in [0.1, 0.15) is 5.82 Å². The van der Waals surface area contributed by atoms with Gasteiger partial charge in [-0.2, -0.15) is 0 Å². The number of thiazole rings is 1. The highest BCUT2D eigenvalue weighted by molar-refractivity contribution is 7.16. The molecule has 1 heterocycles. The van der Waals surface area contributed by atoms with Crippen molar-refractivity contribution < 1.29 is 9.18 Å². The first-order chi connectivity index (χ1) is 14.6. The first-order valence-corrected chi connectivity index (χ1v) is 12.3. The average Bonchev–Trinajstić information content (AvgIpc) is 3.08. The van der Waals surface area contributed by atoms with E-state index in [9.17, 15) is 9.18 Å². The van der Waals surface area contributed by atoms with Gasteiger partial charge in [0.15, 0.2) is 5.13 Å². The summed E-state index contributed by atoms with van der Waals surface area (Å²) in [5, 5.41) is 7.70. The van der Waals surface area contributed by atoms with Crippen molar-refractivity contribution in [3.8, 4) is 11.3 Å². The van der Waals surface area contributed by atoms with Crippen molar-refractivity contribution in [2.75, 3.05) is 11.9 Å². The molecule has 162 valence electrons. The lowest BCUT2D eigenvalue weighted by molar-refractivity contribution is -0.122. The zero-order valence-corrected chi connectivity index (χ0v) is 18.6. The Hall–Kier alpha value is -1.95. The van der Waals surface area contributed by atoms with Crippen LogP contribution in [0, 0.1) is 11.7 Å². The van der Waals surface area contributed by atoms with E-state index in [1.807, 2.05) is 6.07 Å². The Bertz CT molecular complexity index is 873. The smallest absolute Gasteiger partial charge is 0.220 e. The Morgan fingerprint density at radius 2 is 2.07 bits per heavy atom. The second kappa shape index (κ2) is 9.90. The highest BCUT2D eigenvalue weighted by atomic mass is 32.1. The number of hydrogen-bond donors (Lipinski definition) is 2. The van der Waals surface area contributed by atoms with E-state index in [2.05, 4.69) is 17.6 Å². The number of nitrogens with zero attached hydrogens (tertiary/aromatic N) is 1. The van der Waals surface area contributed by atoms with Gasteiger partial charge >= 0.3 is 0 Å². The van der Waals surface area contributed by atoms with Crippen molar-refractivity contribution >= 4 is 22.4 Å². The largest absolute Gasteiger partial charge is 0.361 e. The number of aromatic nitrogens is 1. The molecule has 1 saturated carbocycles. The average molecular weight is 430 g/mol. The molecule has 1 aromatic carbocycles. The van der Waals surface area contributed by atoms with Crippen molar-refractivity contribution in [1.82, 2.24) is 10.3 Å². The fourth-order valence-electron chi connectivity index (χ4n) is 4.61. The molecule has 0 bridgehead atoms. The van der Waals surface area contributed by atoms with Crippen LogP contribution in [0.5, 0.6) is 0 Å². The van der Waals surface area contributed by atoms with Crippen LogP contribution in [-0.4, -0.2) is 23.5 Å². The normalized spacial score (nSPS) is 20.7. The number of carbonyl (C=O) groups is 1. The topological polar surface area (TPSA) is 54.0 Å². The molecular weight excluding hydrogens is 397 g/mol. The molecule has 2 aliphatic rings. The minimum Gasteiger partial charge on any atom is -0.361 e. The monoisotopic (exact) mass is 429 g/mol. The summed E-state index contributed by atoms with van der Waals surface area (Å²) < 4.78 is 13.8. The molecule has 1 amide bonds. The summed E-state index contributed by atoms with van der Waals surface area (Å²) in [6, 6.07) is 5.44. The zero-order chi connectivity index (χ0) is 20.9.